The molecule has 98 valence electrons. The van der Waals surface area contributed by atoms with Crippen molar-refractivity contribution in [1.82, 2.24) is 5.32 Å². The summed E-state index contributed by atoms with van der Waals surface area (Å²) in [5.74, 6) is 2.67. The number of hydrogen-bond acceptors (Lipinski definition) is 4. The minimum absolute atomic E-state index is 0.317. The number of fused-ring (bicyclic) bond motifs is 1. The lowest BCUT2D eigenvalue weighted by Crippen LogP contribution is -2.31. The van der Waals surface area contributed by atoms with Crippen molar-refractivity contribution >= 4 is 28.3 Å². The molecule has 0 radical (unpaired) electrons. The van der Waals surface area contributed by atoms with E-state index in [1.54, 1.807) is 11.8 Å². The predicted octanol–water partition coefficient (Wildman–Crippen LogP) is 2.97. The van der Waals surface area contributed by atoms with Crippen LogP contribution in [-0.2, 0) is 6.42 Å². The maximum atomic E-state index is 5.37. The second-order valence-corrected chi connectivity index (χ2v) is 6.10. The largest absolute Gasteiger partial charge is 0.454 e. The molecule has 0 saturated carbocycles. The Morgan fingerprint density at radius 1 is 1.44 bits per heavy atom. The summed E-state index contributed by atoms with van der Waals surface area (Å²) in [6.07, 6.45) is 0.918. The quantitative estimate of drug-likeness (QED) is 0.858. The molecular formula is C13H17NO2S2. The first kappa shape index (κ1) is 13.5. The van der Waals surface area contributed by atoms with E-state index in [1.807, 2.05) is 12.1 Å². The Bertz CT molecular complexity index is 437. The summed E-state index contributed by atoms with van der Waals surface area (Å²) < 4.78 is 11.5. The number of thiocarbonyl (C=S) groups is 1. The highest BCUT2D eigenvalue weighted by atomic mass is 32.2. The van der Waals surface area contributed by atoms with Crippen LogP contribution in [0.1, 0.15) is 19.4 Å². The average molecular weight is 283 g/mol. The molecule has 1 aromatic rings. The summed E-state index contributed by atoms with van der Waals surface area (Å²) >= 11 is 6.90. The first-order valence-corrected chi connectivity index (χ1v) is 7.40. The Morgan fingerprint density at radius 2 is 2.22 bits per heavy atom. The topological polar surface area (TPSA) is 30.5 Å². The Morgan fingerprint density at radius 3 is 3.00 bits per heavy atom. The smallest absolute Gasteiger partial charge is 0.231 e. The van der Waals surface area contributed by atoms with Gasteiger partial charge in [0.25, 0.3) is 0 Å². The molecule has 3 nitrogen and oxygen atoms in total. The zero-order valence-electron chi connectivity index (χ0n) is 10.6. The van der Waals surface area contributed by atoms with Crippen molar-refractivity contribution in [3.63, 3.8) is 0 Å². The number of rotatable bonds is 4. The third-order valence-electron chi connectivity index (χ3n) is 2.62. The molecule has 5 heteroatoms. The van der Waals surface area contributed by atoms with Gasteiger partial charge in [-0.25, -0.2) is 0 Å². The standard InChI is InChI=1S/C13H17NO2S2/c1-3-18-13(17)14-9(2)6-10-4-5-11-12(7-10)16-8-15-11/h4-5,7,9H,3,6,8H2,1-2H3,(H,14,17). The summed E-state index contributed by atoms with van der Waals surface area (Å²) in [6, 6.07) is 6.39. The third-order valence-corrected chi connectivity index (χ3v) is 3.76. The molecule has 0 bridgehead atoms. The minimum atomic E-state index is 0.317. The summed E-state index contributed by atoms with van der Waals surface area (Å²) in [5.41, 5.74) is 1.23. The molecule has 1 aliphatic rings. The van der Waals surface area contributed by atoms with Crippen LogP contribution in [0.3, 0.4) is 0 Å². The van der Waals surface area contributed by atoms with Gasteiger partial charge in [0, 0.05) is 6.04 Å². The van der Waals surface area contributed by atoms with Crippen molar-refractivity contribution in [3.05, 3.63) is 23.8 Å². The lowest BCUT2D eigenvalue weighted by Gasteiger charge is -2.15. The van der Waals surface area contributed by atoms with Crippen molar-refractivity contribution in [3.8, 4) is 11.5 Å². The Balaban J connectivity index is 1.91. The van der Waals surface area contributed by atoms with Gasteiger partial charge in [-0.2, -0.15) is 0 Å². The van der Waals surface area contributed by atoms with Gasteiger partial charge in [-0.1, -0.05) is 37.0 Å². The fraction of sp³-hybridized carbons (Fsp3) is 0.462. The molecule has 0 spiro atoms. The van der Waals surface area contributed by atoms with E-state index in [-0.39, 0.29) is 0 Å². The molecule has 0 aromatic heterocycles. The van der Waals surface area contributed by atoms with Gasteiger partial charge in [-0.3, -0.25) is 0 Å². The van der Waals surface area contributed by atoms with Crippen molar-refractivity contribution < 1.29 is 9.47 Å². The molecular weight excluding hydrogens is 266 g/mol. The summed E-state index contributed by atoms with van der Waals surface area (Å²) in [4.78, 5) is 0. The highest BCUT2D eigenvalue weighted by molar-refractivity contribution is 8.22. The number of thioether (sulfide) groups is 1. The molecule has 0 aliphatic carbocycles. The lowest BCUT2D eigenvalue weighted by atomic mass is 10.1. The van der Waals surface area contributed by atoms with Gasteiger partial charge in [-0.05, 0) is 36.8 Å². The van der Waals surface area contributed by atoms with E-state index in [9.17, 15) is 0 Å². The number of benzene rings is 1. The van der Waals surface area contributed by atoms with E-state index in [2.05, 4.69) is 25.2 Å². The molecule has 1 aliphatic heterocycles. The molecule has 2 rings (SSSR count). The van der Waals surface area contributed by atoms with Crippen LogP contribution in [0.25, 0.3) is 0 Å². The van der Waals surface area contributed by atoms with E-state index in [0.717, 1.165) is 28.0 Å². The van der Waals surface area contributed by atoms with E-state index in [1.165, 1.54) is 5.56 Å². The third kappa shape index (κ3) is 3.53. The molecule has 1 heterocycles. The average Bonchev–Trinajstić information content (AvgIpc) is 2.76. The number of nitrogens with one attached hydrogen (secondary N) is 1. The Hall–Kier alpha value is -0.940. The van der Waals surface area contributed by atoms with Crippen LogP contribution in [0.15, 0.2) is 18.2 Å². The zero-order valence-corrected chi connectivity index (χ0v) is 12.2. The van der Waals surface area contributed by atoms with E-state index in [0.29, 0.717) is 12.8 Å². The highest BCUT2D eigenvalue weighted by Gasteiger charge is 2.14. The van der Waals surface area contributed by atoms with Gasteiger partial charge in [-0.15, -0.1) is 0 Å². The number of ether oxygens (including phenoxy) is 2. The van der Waals surface area contributed by atoms with Gasteiger partial charge in [0.15, 0.2) is 11.5 Å². The molecule has 1 N–H and O–H groups in total. The van der Waals surface area contributed by atoms with Crippen molar-refractivity contribution in [1.29, 1.82) is 0 Å². The van der Waals surface area contributed by atoms with Crippen molar-refractivity contribution in [2.45, 2.75) is 26.3 Å². The molecule has 1 unspecified atom stereocenters. The van der Waals surface area contributed by atoms with E-state index < -0.39 is 0 Å². The summed E-state index contributed by atoms with van der Waals surface area (Å²) in [7, 11) is 0. The zero-order chi connectivity index (χ0) is 13.0. The van der Waals surface area contributed by atoms with Gasteiger partial charge < -0.3 is 14.8 Å². The van der Waals surface area contributed by atoms with E-state index in [4.69, 9.17) is 21.7 Å². The molecule has 0 fully saturated rings. The summed E-state index contributed by atoms with van der Waals surface area (Å²) in [6.45, 7) is 4.55. The fourth-order valence-corrected chi connectivity index (χ4v) is 2.95. The Kier molecular flexibility index (Phi) is 4.72. The van der Waals surface area contributed by atoms with Gasteiger partial charge >= 0.3 is 0 Å². The van der Waals surface area contributed by atoms with Crippen molar-refractivity contribution in [2.24, 2.45) is 0 Å². The van der Waals surface area contributed by atoms with Crippen LogP contribution in [0, 0.1) is 0 Å². The number of hydrogen-bond donors (Lipinski definition) is 1. The van der Waals surface area contributed by atoms with Gasteiger partial charge in [0.1, 0.15) is 4.32 Å². The first-order valence-electron chi connectivity index (χ1n) is 6.01. The van der Waals surface area contributed by atoms with Crippen LogP contribution >= 0.6 is 24.0 Å². The monoisotopic (exact) mass is 283 g/mol. The minimum Gasteiger partial charge on any atom is -0.454 e. The van der Waals surface area contributed by atoms with Crippen LogP contribution in [0.4, 0.5) is 0 Å². The van der Waals surface area contributed by atoms with Gasteiger partial charge in [0.2, 0.25) is 6.79 Å². The van der Waals surface area contributed by atoms with Crippen LogP contribution in [-0.4, -0.2) is 22.9 Å². The second kappa shape index (κ2) is 6.29. The first-order chi connectivity index (χ1) is 8.69. The predicted molar refractivity (Wildman–Crippen MR) is 79.6 cm³/mol. The SMILES string of the molecule is CCSC(=S)NC(C)Cc1ccc2c(c1)OCO2. The molecule has 0 amide bonds. The maximum Gasteiger partial charge on any atom is 0.231 e. The molecule has 1 atom stereocenters. The normalized spacial score (nSPS) is 14.3. The molecule has 1 aromatic carbocycles. The van der Waals surface area contributed by atoms with Gasteiger partial charge in [0.05, 0.1) is 0 Å². The van der Waals surface area contributed by atoms with Crippen LogP contribution in [0.5, 0.6) is 11.5 Å². The van der Waals surface area contributed by atoms with Crippen molar-refractivity contribution in [2.75, 3.05) is 12.5 Å². The van der Waals surface area contributed by atoms with Crippen LogP contribution < -0.4 is 14.8 Å². The fourth-order valence-electron chi connectivity index (χ4n) is 1.85. The van der Waals surface area contributed by atoms with Crippen LogP contribution in [0.2, 0.25) is 0 Å². The highest BCUT2D eigenvalue weighted by Crippen LogP contribution is 2.32. The maximum absolute atomic E-state index is 5.37. The summed E-state index contributed by atoms with van der Waals surface area (Å²) in [5, 5.41) is 3.32. The van der Waals surface area contributed by atoms with E-state index >= 15 is 0 Å². The molecule has 18 heavy (non-hydrogen) atoms. The lowest BCUT2D eigenvalue weighted by molar-refractivity contribution is 0.174. The molecule has 0 saturated heterocycles. The Labute approximate surface area is 117 Å². The second-order valence-electron chi connectivity index (χ2n) is 4.16.